The Morgan fingerprint density at radius 3 is 2.48 bits per heavy atom. The first kappa shape index (κ1) is 22.5. The van der Waals surface area contributed by atoms with Gasteiger partial charge in [0.15, 0.2) is 6.61 Å². The lowest BCUT2D eigenvalue weighted by atomic mass is 10.1. The minimum absolute atomic E-state index is 0.257. The second kappa shape index (κ2) is 9.15. The van der Waals surface area contributed by atoms with Crippen molar-refractivity contribution in [1.82, 2.24) is 4.31 Å². The van der Waals surface area contributed by atoms with Crippen LogP contribution in [-0.2, 0) is 26.0 Å². The molecule has 0 bridgehead atoms. The molecular weight excluding hydrogens is 399 g/mol. The van der Waals surface area contributed by atoms with Crippen molar-refractivity contribution in [3.63, 3.8) is 0 Å². The molecule has 0 radical (unpaired) electrons. The molecule has 0 atom stereocenters. The van der Waals surface area contributed by atoms with Crippen molar-refractivity contribution in [2.75, 3.05) is 26.0 Å². The van der Waals surface area contributed by atoms with Gasteiger partial charge in [0, 0.05) is 19.8 Å². The highest BCUT2D eigenvalue weighted by atomic mass is 32.2. The van der Waals surface area contributed by atoms with Gasteiger partial charge in [-0.3, -0.25) is 4.79 Å². The highest BCUT2D eigenvalue weighted by molar-refractivity contribution is 7.89. The van der Waals surface area contributed by atoms with Gasteiger partial charge < -0.3 is 10.1 Å². The average Bonchev–Trinajstić information content (AvgIpc) is 2.67. The number of ether oxygens (including phenoxy) is 1. The number of nitrogens with one attached hydrogen (secondary N) is 1. The molecule has 2 aromatic rings. The van der Waals surface area contributed by atoms with Gasteiger partial charge in [0.1, 0.15) is 5.82 Å². The van der Waals surface area contributed by atoms with E-state index in [-0.39, 0.29) is 4.90 Å². The summed E-state index contributed by atoms with van der Waals surface area (Å²) in [6, 6.07) is 8.41. The standard InChI is InChI=1S/C20H23FN2O5S/c1-5-14-8-6-7-13(2)19(14)22-18(24)12-28-20(25)16-11-15(9-10-17(16)21)29(26,27)23(3)4/h6-11H,5,12H2,1-4H3,(H,22,24). The average molecular weight is 422 g/mol. The molecule has 0 saturated heterocycles. The third kappa shape index (κ3) is 5.18. The number of amides is 1. The first-order valence-corrected chi connectivity index (χ1v) is 10.3. The molecular formula is C20H23FN2O5S. The van der Waals surface area contributed by atoms with Crippen LogP contribution in [0.3, 0.4) is 0 Å². The maximum Gasteiger partial charge on any atom is 0.341 e. The van der Waals surface area contributed by atoms with E-state index in [1.165, 1.54) is 14.1 Å². The Morgan fingerprint density at radius 2 is 1.86 bits per heavy atom. The summed E-state index contributed by atoms with van der Waals surface area (Å²) in [6.07, 6.45) is 0.704. The highest BCUT2D eigenvalue weighted by Gasteiger charge is 2.22. The molecule has 0 aliphatic carbocycles. The zero-order valence-corrected chi connectivity index (χ0v) is 17.5. The van der Waals surface area contributed by atoms with Crippen LogP contribution in [0, 0.1) is 12.7 Å². The molecule has 0 fully saturated rings. The van der Waals surface area contributed by atoms with Crippen LogP contribution < -0.4 is 5.32 Å². The molecule has 0 saturated carbocycles. The maximum absolute atomic E-state index is 14.0. The van der Waals surface area contributed by atoms with Gasteiger partial charge in [-0.1, -0.05) is 25.1 Å². The molecule has 0 aliphatic heterocycles. The summed E-state index contributed by atoms with van der Waals surface area (Å²) in [6.45, 7) is 3.15. The number of rotatable bonds is 7. The highest BCUT2D eigenvalue weighted by Crippen LogP contribution is 2.21. The quantitative estimate of drug-likeness (QED) is 0.693. The monoisotopic (exact) mass is 422 g/mol. The van der Waals surface area contributed by atoms with Crippen molar-refractivity contribution < 1.29 is 27.1 Å². The molecule has 0 heterocycles. The fraction of sp³-hybridized carbons (Fsp3) is 0.300. The number of anilines is 1. The third-order valence-electron chi connectivity index (χ3n) is 4.28. The molecule has 1 amide bonds. The molecule has 1 N–H and O–H groups in total. The van der Waals surface area contributed by atoms with Gasteiger partial charge in [0.05, 0.1) is 10.5 Å². The van der Waals surface area contributed by atoms with Crippen LogP contribution >= 0.6 is 0 Å². The van der Waals surface area contributed by atoms with E-state index >= 15 is 0 Å². The fourth-order valence-corrected chi connectivity index (χ4v) is 3.55. The summed E-state index contributed by atoms with van der Waals surface area (Å²) in [5, 5.41) is 2.69. The van der Waals surface area contributed by atoms with Crippen LogP contribution in [0.2, 0.25) is 0 Å². The molecule has 0 unspecified atom stereocenters. The molecule has 2 rings (SSSR count). The zero-order valence-electron chi connectivity index (χ0n) is 16.7. The van der Waals surface area contributed by atoms with Gasteiger partial charge in [-0.2, -0.15) is 0 Å². The number of carbonyl (C=O) groups is 2. The molecule has 29 heavy (non-hydrogen) atoms. The van der Waals surface area contributed by atoms with E-state index in [4.69, 9.17) is 4.74 Å². The number of hydrogen-bond acceptors (Lipinski definition) is 5. The van der Waals surface area contributed by atoms with Crippen molar-refractivity contribution >= 4 is 27.6 Å². The summed E-state index contributed by atoms with van der Waals surface area (Å²) < 4.78 is 44.2. The van der Waals surface area contributed by atoms with Crippen molar-refractivity contribution in [2.24, 2.45) is 0 Å². The lowest BCUT2D eigenvalue weighted by molar-refractivity contribution is -0.119. The van der Waals surface area contributed by atoms with Crippen LogP contribution in [0.15, 0.2) is 41.3 Å². The number of benzene rings is 2. The molecule has 7 nitrogen and oxygen atoms in total. The summed E-state index contributed by atoms with van der Waals surface area (Å²) in [5.74, 6) is -2.66. The van der Waals surface area contributed by atoms with E-state index < -0.39 is 39.9 Å². The molecule has 0 spiro atoms. The second-order valence-electron chi connectivity index (χ2n) is 6.52. The third-order valence-corrected chi connectivity index (χ3v) is 6.09. The minimum Gasteiger partial charge on any atom is -0.452 e. The lowest BCUT2D eigenvalue weighted by Gasteiger charge is -2.14. The zero-order chi connectivity index (χ0) is 21.8. The number of aryl methyl sites for hydroxylation is 2. The Bertz CT molecular complexity index is 1040. The number of sulfonamides is 1. The first-order chi connectivity index (χ1) is 13.6. The van der Waals surface area contributed by atoms with Gasteiger partial charge in [-0.05, 0) is 42.7 Å². The van der Waals surface area contributed by atoms with Gasteiger partial charge >= 0.3 is 5.97 Å². The first-order valence-electron chi connectivity index (χ1n) is 8.85. The van der Waals surface area contributed by atoms with Crippen molar-refractivity contribution in [1.29, 1.82) is 0 Å². The van der Waals surface area contributed by atoms with Crippen molar-refractivity contribution in [3.8, 4) is 0 Å². The Hall–Kier alpha value is -2.78. The predicted octanol–water partition coefficient (Wildman–Crippen LogP) is 2.74. The molecule has 0 aliphatic rings. The number of carbonyl (C=O) groups excluding carboxylic acids is 2. The Balaban J connectivity index is 2.13. The van der Waals surface area contributed by atoms with E-state index in [1.54, 1.807) is 0 Å². The van der Waals surface area contributed by atoms with E-state index in [1.807, 2.05) is 32.0 Å². The fourth-order valence-electron chi connectivity index (χ4n) is 2.62. The second-order valence-corrected chi connectivity index (χ2v) is 8.67. The minimum atomic E-state index is -3.85. The Kier molecular flexibility index (Phi) is 7.10. The summed E-state index contributed by atoms with van der Waals surface area (Å²) in [4.78, 5) is 24.1. The van der Waals surface area contributed by atoms with E-state index in [9.17, 15) is 22.4 Å². The SMILES string of the molecule is CCc1cccc(C)c1NC(=O)COC(=O)c1cc(S(=O)(=O)N(C)C)ccc1F. The number of halogens is 1. The van der Waals surface area contributed by atoms with E-state index in [2.05, 4.69) is 5.32 Å². The van der Waals surface area contributed by atoms with E-state index in [0.29, 0.717) is 12.1 Å². The number of hydrogen-bond donors (Lipinski definition) is 1. The number of esters is 1. The van der Waals surface area contributed by atoms with Gasteiger partial charge in [0.2, 0.25) is 10.0 Å². The molecule has 9 heteroatoms. The topological polar surface area (TPSA) is 92.8 Å². The summed E-state index contributed by atoms with van der Waals surface area (Å²) in [7, 11) is -1.22. The Morgan fingerprint density at radius 1 is 1.17 bits per heavy atom. The van der Waals surface area contributed by atoms with Gasteiger partial charge in [0.25, 0.3) is 5.91 Å². The lowest BCUT2D eigenvalue weighted by Crippen LogP contribution is -2.24. The van der Waals surface area contributed by atoms with Crippen molar-refractivity contribution in [2.45, 2.75) is 25.2 Å². The number of nitrogens with zero attached hydrogens (tertiary/aromatic N) is 1. The summed E-state index contributed by atoms with van der Waals surface area (Å²) in [5.41, 5.74) is 1.86. The number of para-hydroxylation sites is 1. The molecule has 0 aromatic heterocycles. The van der Waals surface area contributed by atoms with Gasteiger partial charge in [-0.15, -0.1) is 0 Å². The molecule has 156 valence electrons. The Labute approximate surface area is 169 Å². The molecule has 2 aromatic carbocycles. The van der Waals surface area contributed by atoms with Gasteiger partial charge in [-0.25, -0.2) is 21.9 Å². The van der Waals surface area contributed by atoms with Crippen molar-refractivity contribution in [3.05, 3.63) is 58.9 Å². The van der Waals surface area contributed by atoms with Crippen LogP contribution in [-0.4, -0.2) is 45.3 Å². The smallest absolute Gasteiger partial charge is 0.341 e. The van der Waals surface area contributed by atoms with Crippen LogP contribution in [0.25, 0.3) is 0 Å². The maximum atomic E-state index is 14.0. The largest absolute Gasteiger partial charge is 0.452 e. The van der Waals surface area contributed by atoms with Crippen LogP contribution in [0.4, 0.5) is 10.1 Å². The van der Waals surface area contributed by atoms with Crippen LogP contribution in [0.5, 0.6) is 0 Å². The van der Waals surface area contributed by atoms with Crippen LogP contribution in [0.1, 0.15) is 28.4 Å². The normalized spacial score (nSPS) is 11.4. The summed E-state index contributed by atoms with van der Waals surface area (Å²) >= 11 is 0. The van der Waals surface area contributed by atoms with E-state index in [0.717, 1.165) is 33.6 Å². The predicted molar refractivity (Wildman–Crippen MR) is 107 cm³/mol.